The molecule has 0 bridgehead atoms. The fourth-order valence-electron chi connectivity index (χ4n) is 8.91. The first-order valence-corrected chi connectivity index (χ1v) is 20.7. The SMILES string of the molecule is c1cc(-c2ccc3oc4ccccc4c3c2)cc(N(c2ccc(-c3ccc(-c4ccc5ccccc5c4)cc3)cc2)c2ccc(-c3ccc4oc5ccccc5c4c3)cc2)c1. The van der Waals surface area contributed by atoms with Gasteiger partial charge in [-0.2, -0.15) is 0 Å². The summed E-state index contributed by atoms with van der Waals surface area (Å²) in [6.07, 6.45) is 0. The minimum Gasteiger partial charge on any atom is -0.456 e. The minimum absolute atomic E-state index is 0.895. The van der Waals surface area contributed by atoms with Gasteiger partial charge in [0.1, 0.15) is 22.3 Å². The summed E-state index contributed by atoms with van der Waals surface area (Å²) in [6.45, 7) is 0. The molecule has 0 aliphatic heterocycles. The number of para-hydroxylation sites is 2. The van der Waals surface area contributed by atoms with Gasteiger partial charge in [-0.15, -0.1) is 0 Å². The lowest BCUT2D eigenvalue weighted by molar-refractivity contribution is 0.668. The normalized spacial score (nSPS) is 11.6. The Morgan fingerprint density at radius 2 is 0.639 bits per heavy atom. The topological polar surface area (TPSA) is 29.5 Å². The zero-order valence-corrected chi connectivity index (χ0v) is 33.1. The van der Waals surface area contributed by atoms with Crippen molar-refractivity contribution in [2.24, 2.45) is 0 Å². The monoisotopic (exact) mass is 779 g/mol. The summed E-state index contributed by atoms with van der Waals surface area (Å²) in [5.41, 5.74) is 16.2. The maximum atomic E-state index is 6.17. The summed E-state index contributed by atoms with van der Waals surface area (Å²) in [7, 11) is 0. The van der Waals surface area contributed by atoms with Crippen LogP contribution in [0.5, 0.6) is 0 Å². The number of hydrogen-bond acceptors (Lipinski definition) is 3. The first-order valence-electron chi connectivity index (χ1n) is 20.7. The van der Waals surface area contributed by atoms with Crippen molar-refractivity contribution in [1.29, 1.82) is 0 Å². The predicted molar refractivity (Wildman–Crippen MR) is 255 cm³/mol. The van der Waals surface area contributed by atoms with Crippen LogP contribution in [0.4, 0.5) is 17.1 Å². The van der Waals surface area contributed by atoms with E-state index in [4.69, 9.17) is 8.83 Å². The van der Waals surface area contributed by atoms with Crippen molar-refractivity contribution in [2.75, 3.05) is 4.90 Å². The van der Waals surface area contributed by atoms with E-state index in [9.17, 15) is 0 Å². The molecule has 286 valence electrons. The molecule has 2 heterocycles. The third kappa shape index (κ3) is 6.23. The second-order valence-corrected chi connectivity index (χ2v) is 15.7. The lowest BCUT2D eigenvalue weighted by Gasteiger charge is -2.26. The van der Waals surface area contributed by atoms with Gasteiger partial charge in [-0.1, -0.05) is 146 Å². The van der Waals surface area contributed by atoms with Crippen molar-refractivity contribution in [2.45, 2.75) is 0 Å². The lowest BCUT2D eigenvalue weighted by Crippen LogP contribution is -2.10. The zero-order valence-electron chi connectivity index (χ0n) is 33.1. The number of benzene rings is 10. The minimum atomic E-state index is 0.895. The molecule has 0 aliphatic rings. The van der Waals surface area contributed by atoms with Crippen molar-refractivity contribution >= 4 is 71.7 Å². The van der Waals surface area contributed by atoms with E-state index in [1.807, 2.05) is 24.3 Å². The predicted octanol–water partition coefficient (Wildman–Crippen LogP) is 16.8. The van der Waals surface area contributed by atoms with Crippen molar-refractivity contribution in [3.63, 3.8) is 0 Å². The average Bonchev–Trinajstić information content (AvgIpc) is 3.90. The van der Waals surface area contributed by atoms with Crippen LogP contribution in [0.3, 0.4) is 0 Å². The Hall–Kier alpha value is -8.14. The Labute approximate surface area is 353 Å². The summed E-state index contributed by atoms with van der Waals surface area (Å²) in [4.78, 5) is 2.35. The molecule has 10 aromatic carbocycles. The van der Waals surface area contributed by atoms with Crippen LogP contribution >= 0.6 is 0 Å². The van der Waals surface area contributed by atoms with Gasteiger partial charge in [0, 0.05) is 38.6 Å². The second-order valence-electron chi connectivity index (χ2n) is 15.7. The first kappa shape index (κ1) is 34.9. The van der Waals surface area contributed by atoms with Crippen LogP contribution in [0.2, 0.25) is 0 Å². The van der Waals surface area contributed by atoms with Gasteiger partial charge in [-0.05, 0) is 134 Å². The molecule has 0 fully saturated rings. The molecule has 2 aromatic heterocycles. The van der Waals surface area contributed by atoms with Crippen LogP contribution in [-0.2, 0) is 0 Å². The van der Waals surface area contributed by atoms with Crippen molar-refractivity contribution in [3.8, 4) is 44.5 Å². The molecule has 12 aromatic rings. The maximum absolute atomic E-state index is 6.17. The van der Waals surface area contributed by atoms with Crippen LogP contribution in [0.1, 0.15) is 0 Å². The van der Waals surface area contributed by atoms with Gasteiger partial charge in [0.25, 0.3) is 0 Å². The van der Waals surface area contributed by atoms with Gasteiger partial charge in [-0.3, -0.25) is 0 Å². The Kier molecular flexibility index (Phi) is 8.17. The van der Waals surface area contributed by atoms with Gasteiger partial charge in [0.15, 0.2) is 0 Å². The van der Waals surface area contributed by atoms with E-state index >= 15 is 0 Å². The lowest BCUT2D eigenvalue weighted by atomic mass is 9.98. The van der Waals surface area contributed by atoms with Crippen LogP contribution in [0.15, 0.2) is 233 Å². The molecule has 0 radical (unpaired) electrons. The standard InChI is InChI=1S/C58H37NO2/c1-2-9-43-34-45(21-20-38(43)8-1)41-18-16-39(17-19-41)40-22-28-48(29-23-40)59(49-30-24-42(25-31-49)46-26-32-57-53(36-46)51-12-3-5-14-55(51)60-57)50-11-7-10-44(35-50)47-27-33-58-54(37-47)52-13-4-6-15-56(52)61-58/h1-37H. The van der Waals surface area contributed by atoms with Gasteiger partial charge < -0.3 is 13.7 Å². The van der Waals surface area contributed by atoms with Crippen LogP contribution in [-0.4, -0.2) is 0 Å². The molecular formula is C58H37NO2. The molecule has 0 aliphatic carbocycles. The highest BCUT2D eigenvalue weighted by Gasteiger charge is 2.16. The zero-order chi connectivity index (χ0) is 40.3. The van der Waals surface area contributed by atoms with Crippen LogP contribution < -0.4 is 4.90 Å². The summed E-state index contributed by atoms with van der Waals surface area (Å²) < 4.78 is 12.3. The van der Waals surface area contributed by atoms with Gasteiger partial charge in [-0.25, -0.2) is 0 Å². The highest BCUT2D eigenvalue weighted by molar-refractivity contribution is 6.07. The first-order chi connectivity index (χ1) is 30.2. The average molecular weight is 780 g/mol. The van der Waals surface area contributed by atoms with E-state index in [1.54, 1.807) is 0 Å². The second kappa shape index (κ2) is 14.3. The molecule has 3 heteroatoms. The number of hydrogen-bond donors (Lipinski definition) is 0. The molecule has 0 spiro atoms. The fraction of sp³-hybridized carbons (Fsp3) is 0. The highest BCUT2D eigenvalue weighted by Crippen LogP contribution is 2.40. The summed E-state index contributed by atoms with van der Waals surface area (Å²) in [5.74, 6) is 0. The molecule has 0 unspecified atom stereocenters. The number of fused-ring (bicyclic) bond motifs is 7. The van der Waals surface area contributed by atoms with Gasteiger partial charge in [0.2, 0.25) is 0 Å². The maximum Gasteiger partial charge on any atom is 0.135 e. The Balaban J connectivity index is 0.909. The van der Waals surface area contributed by atoms with Crippen LogP contribution in [0, 0.1) is 0 Å². The number of nitrogens with zero attached hydrogens (tertiary/aromatic N) is 1. The third-order valence-electron chi connectivity index (χ3n) is 12.1. The molecule has 0 saturated heterocycles. The van der Waals surface area contributed by atoms with E-state index in [-0.39, 0.29) is 0 Å². The van der Waals surface area contributed by atoms with Crippen molar-refractivity contribution in [1.82, 2.24) is 0 Å². The smallest absolute Gasteiger partial charge is 0.135 e. The highest BCUT2D eigenvalue weighted by atomic mass is 16.3. The van der Waals surface area contributed by atoms with Gasteiger partial charge >= 0.3 is 0 Å². The fourth-order valence-corrected chi connectivity index (χ4v) is 8.91. The Morgan fingerprint density at radius 3 is 1.23 bits per heavy atom. The molecule has 3 nitrogen and oxygen atoms in total. The largest absolute Gasteiger partial charge is 0.456 e. The molecule has 61 heavy (non-hydrogen) atoms. The Morgan fingerprint density at radius 1 is 0.230 bits per heavy atom. The molecule has 0 atom stereocenters. The molecule has 0 N–H and O–H groups in total. The number of furan rings is 2. The van der Waals surface area contributed by atoms with Gasteiger partial charge in [0.05, 0.1) is 0 Å². The molecule has 0 amide bonds. The van der Waals surface area contributed by atoms with E-state index in [1.165, 1.54) is 33.0 Å². The quantitative estimate of drug-likeness (QED) is 0.161. The Bertz CT molecular complexity index is 3580. The molecule has 0 saturated carbocycles. The molecular weight excluding hydrogens is 743 g/mol. The number of anilines is 3. The van der Waals surface area contributed by atoms with Crippen molar-refractivity contribution in [3.05, 3.63) is 224 Å². The summed E-state index contributed by atoms with van der Waals surface area (Å²) in [5, 5.41) is 7.01. The van der Waals surface area contributed by atoms with Crippen molar-refractivity contribution < 1.29 is 8.83 Å². The molecule has 12 rings (SSSR count). The van der Waals surface area contributed by atoms with E-state index in [0.29, 0.717) is 0 Å². The van der Waals surface area contributed by atoms with E-state index in [0.717, 1.165) is 83.2 Å². The third-order valence-corrected chi connectivity index (χ3v) is 12.1. The summed E-state index contributed by atoms with van der Waals surface area (Å²) in [6, 6.07) is 80.2. The summed E-state index contributed by atoms with van der Waals surface area (Å²) >= 11 is 0. The van der Waals surface area contributed by atoms with E-state index < -0.39 is 0 Å². The number of rotatable bonds is 7. The van der Waals surface area contributed by atoms with E-state index in [2.05, 4.69) is 205 Å². The van der Waals surface area contributed by atoms with Crippen LogP contribution in [0.25, 0.3) is 99.2 Å².